The number of hydrogen-bond donors (Lipinski definition) is 0. The summed E-state index contributed by atoms with van der Waals surface area (Å²) < 4.78 is 8.54. The maximum absolute atomic E-state index is 6.09. The van der Waals surface area contributed by atoms with Crippen LogP contribution in [-0.4, -0.2) is 4.57 Å². The van der Waals surface area contributed by atoms with Crippen molar-refractivity contribution in [2.45, 2.75) is 47.0 Å². The molecule has 7 aromatic carbocycles. The van der Waals surface area contributed by atoms with E-state index in [0.717, 1.165) is 34.3 Å². The molecule has 0 spiro atoms. The Balaban J connectivity index is 0.000000859. The van der Waals surface area contributed by atoms with Crippen molar-refractivity contribution in [3.8, 4) is 39.1 Å². The summed E-state index contributed by atoms with van der Waals surface area (Å²) in [7, 11) is 0. The first-order valence-electron chi connectivity index (χ1n) is 18.6. The highest BCUT2D eigenvalue weighted by Gasteiger charge is 2.21. The van der Waals surface area contributed by atoms with Crippen LogP contribution in [0.4, 0.5) is 0 Å². The van der Waals surface area contributed by atoms with E-state index in [4.69, 9.17) is 4.42 Å². The Hall–Kier alpha value is -5.86. The molecular weight excluding hydrogens is 631 g/mol. The molecule has 0 aliphatic heterocycles. The molecule has 0 amide bonds. The van der Waals surface area contributed by atoms with Crippen LogP contribution in [0.2, 0.25) is 0 Å². The van der Waals surface area contributed by atoms with Gasteiger partial charge in [-0.15, -0.1) is 0 Å². The van der Waals surface area contributed by atoms with Gasteiger partial charge in [0.1, 0.15) is 11.2 Å². The molecule has 0 fully saturated rings. The van der Waals surface area contributed by atoms with E-state index in [1.54, 1.807) is 0 Å². The average Bonchev–Trinajstić information content (AvgIpc) is 3.83. The molecule has 2 aromatic heterocycles. The standard InChI is InChI=1S/C46H33NO.C4H10/c1-28(2)29-14-15-34-23-35-16-19-36(27-40(35)39(34)24-29)47-43-12-5-3-10-37(43)41-25-32(17-20-44(41)47)30-8-7-9-31(22-30)33-18-21-46-42(26-33)38-11-4-6-13-45(38)48-46;1-4(2)3/h3-22,24-28H,23H2,1-2H3;4H,1-3H3. The number of benzene rings is 7. The molecule has 2 heterocycles. The van der Waals surface area contributed by atoms with E-state index >= 15 is 0 Å². The zero-order valence-corrected chi connectivity index (χ0v) is 30.6. The van der Waals surface area contributed by atoms with Crippen LogP contribution in [0.3, 0.4) is 0 Å². The minimum atomic E-state index is 0.509. The van der Waals surface area contributed by atoms with Crippen LogP contribution in [0.15, 0.2) is 150 Å². The summed E-state index contributed by atoms with van der Waals surface area (Å²) in [5, 5.41) is 4.84. The third kappa shape index (κ3) is 5.51. The number of nitrogens with zero attached hydrogens (tertiary/aromatic N) is 1. The maximum Gasteiger partial charge on any atom is 0.135 e. The van der Waals surface area contributed by atoms with Gasteiger partial charge in [0, 0.05) is 27.2 Å². The van der Waals surface area contributed by atoms with Gasteiger partial charge < -0.3 is 8.98 Å². The van der Waals surface area contributed by atoms with Gasteiger partial charge in [-0.05, 0) is 123 Å². The summed E-state index contributed by atoms with van der Waals surface area (Å²) in [6.07, 6.45) is 1.01. The summed E-state index contributed by atoms with van der Waals surface area (Å²) in [5.41, 5.74) is 17.3. The van der Waals surface area contributed by atoms with Gasteiger partial charge in [0.25, 0.3) is 0 Å². The quantitative estimate of drug-likeness (QED) is 0.182. The second-order valence-electron chi connectivity index (χ2n) is 15.3. The molecule has 2 heteroatoms. The molecule has 1 aliphatic rings. The maximum atomic E-state index is 6.09. The van der Waals surface area contributed by atoms with Crippen molar-refractivity contribution in [3.63, 3.8) is 0 Å². The Morgan fingerprint density at radius 3 is 1.83 bits per heavy atom. The molecule has 0 unspecified atom stereocenters. The Labute approximate surface area is 306 Å². The van der Waals surface area contributed by atoms with Crippen molar-refractivity contribution in [1.29, 1.82) is 0 Å². The van der Waals surface area contributed by atoms with E-state index in [9.17, 15) is 0 Å². The number of rotatable bonds is 4. The lowest BCUT2D eigenvalue weighted by Crippen LogP contribution is -1.95. The fourth-order valence-electron chi connectivity index (χ4n) is 7.89. The van der Waals surface area contributed by atoms with Gasteiger partial charge >= 0.3 is 0 Å². The second-order valence-corrected chi connectivity index (χ2v) is 15.3. The Bertz CT molecular complexity index is 2790. The first-order chi connectivity index (χ1) is 25.3. The predicted octanol–water partition coefficient (Wildman–Crippen LogP) is 14.4. The van der Waals surface area contributed by atoms with Crippen LogP contribution in [-0.2, 0) is 6.42 Å². The van der Waals surface area contributed by atoms with Crippen molar-refractivity contribution in [2.24, 2.45) is 5.92 Å². The average molecular weight is 674 g/mol. The zero-order chi connectivity index (χ0) is 35.5. The predicted molar refractivity (Wildman–Crippen MR) is 222 cm³/mol. The Morgan fingerprint density at radius 1 is 0.462 bits per heavy atom. The number of hydrogen-bond acceptors (Lipinski definition) is 1. The van der Waals surface area contributed by atoms with E-state index < -0.39 is 0 Å². The van der Waals surface area contributed by atoms with Gasteiger partial charge in [0.15, 0.2) is 0 Å². The van der Waals surface area contributed by atoms with Crippen LogP contribution >= 0.6 is 0 Å². The molecule has 52 heavy (non-hydrogen) atoms. The van der Waals surface area contributed by atoms with E-state index in [0.29, 0.717) is 5.92 Å². The molecule has 9 aromatic rings. The number of aromatic nitrogens is 1. The van der Waals surface area contributed by atoms with Gasteiger partial charge in [-0.2, -0.15) is 0 Å². The minimum absolute atomic E-state index is 0.509. The molecule has 0 saturated heterocycles. The molecule has 0 radical (unpaired) electrons. The molecular formula is C50H43NO. The third-order valence-corrected chi connectivity index (χ3v) is 10.4. The lowest BCUT2D eigenvalue weighted by Gasteiger charge is -2.12. The summed E-state index contributed by atoms with van der Waals surface area (Å²) in [6, 6.07) is 53.6. The molecule has 0 saturated carbocycles. The van der Waals surface area contributed by atoms with Gasteiger partial charge in [-0.1, -0.05) is 126 Å². The Kier molecular flexibility index (Phi) is 7.85. The van der Waals surface area contributed by atoms with E-state index in [1.165, 1.54) is 77.6 Å². The van der Waals surface area contributed by atoms with Crippen molar-refractivity contribution < 1.29 is 4.42 Å². The van der Waals surface area contributed by atoms with E-state index in [1.807, 2.05) is 12.1 Å². The fraction of sp³-hybridized carbons (Fsp3) is 0.160. The third-order valence-electron chi connectivity index (χ3n) is 10.4. The van der Waals surface area contributed by atoms with Crippen molar-refractivity contribution in [2.75, 3.05) is 0 Å². The monoisotopic (exact) mass is 673 g/mol. The van der Waals surface area contributed by atoms with Crippen LogP contribution in [0.5, 0.6) is 0 Å². The van der Waals surface area contributed by atoms with Gasteiger partial charge in [0.2, 0.25) is 0 Å². The summed E-state index contributed by atoms with van der Waals surface area (Å²) in [4.78, 5) is 0. The zero-order valence-electron chi connectivity index (χ0n) is 30.6. The summed E-state index contributed by atoms with van der Waals surface area (Å²) >= 11 is 0. The first kappa shape index (κ1) is 32.1. The highest BCUT2D eigenvalue weighted by atomic mass is 16.3. The van der Waals surface area contributed by atoms with Gasteiger partial charge in [-0.25, -0.2) is 0 Å². The topological polar surface area (TPSA) is 18.1 Å². The highest BCUT2D eigenvalue weighted by molar-refractivity contribution is 6.11. The van der Waals surface area contributed by atoms with Gasteiger partial charge in [0.05, 0.1) is 11.0 Å². The van der Waals surface area contributed by atoms with Crippen molar-refractivity contribution in [3.05, 3.63) is 162 Å². The SMILES string of the molecule is CC(C)C.CC(C)c1ccc2c(c1)-c1cc(-n3c4ccccc4c4cc(-c5cccc(-c6ccc7oc8ccccc8c7c6)c5)ccc43)ccc1C2. The Morgan fingerprint density at radius 2 is 1.06 bits per heavy atom. The number of furan rings is 1. The highest BCUT2D eigenvalue weighted by Crippen LogP contribution is 2.42. The van der Waals surface area contributed by atoms with Crippen LogP contribution in [0.25, 0.3) is 82.8 Å². The fourth-order valence-corrected chi connectivity index (χ4v) is 7.89. The lowest BCUT2D eigenvalue weighted by molar-refractivity contribution is 0.669. The summed E-state index contributed by atoms with van der Waals surface area (Å²) in [6.45, 7) is 11.1. The summed E-state index contributed by atoms with van der Waals surface area (Å²) in [5.74, 6) is 1.34. The molecule has 254 valence electrons. The molecule has 2 nitrogen and oxygen atoms in total. The lowest BCUT2D eigenvalue weighted by atomic mass is 9.97. The molecule has 0 N–H and O–H groups in total. The second kappa shape index (κ2) is 12.7. The molecule has 10 rings (SSSR count). The van der Waals surface area contributed by atoms with Crippen LogP contribution in [0, 0.1) is 5.92 Å². The normalized spacial score (nSPS) is 12.2. The number of fused-ring (bicyclic) bond motifs is 9. The van der Waals surface area contributed by atoms with Crippen LogP contribution in [0.1, 0.15) is 57.2 Å². The van der Waals surface area contributed by atoms with E-state index in [-0.39, 0.29) is 0 Å². The smallest absolute Gasteiger partial charge is 0.135 e. The van der Waals surface area contributed by atoms with Gasteiger partial charge in [-0.3, -0.25) is 0 Å². The largest absolute Gasteiger partial charge is 0.456 e. The van der Waals surface area contributed by atoms with Crippen molar-refractivity contribution >= 4 is 43.7 Å². The van der Waals surface area contributed by atoms with E-state index in [2.05, 4.69) is 173 Å². The molecule has 0 atom stereocenters. The number of para-hydroxylation sites is 2. The first-order valence-corrected chi connectivity index (χ1v) is 18.6. The minimum Gasteiger partial charge on any atom is -0.456 e. The van der Waals surface area contributed by atoms with Crippen LogP contribution < -0.4 is 0 Å². The molecule has 0 bridgehead atoms. The molecule has 1 aliphatic carbocycles. The van der Waals surface area contributed by atoms with Crippen molar-refractivity contribution in [1.82, 2.24) is 4.57 Å².